The van der Waals surface area contributed by atoms with Crippen molar-refractivity contribution in [1.29, 1.82) is 0 Å². The van der Waals surface area contributed by atoms with Gasteiger partial charge in [0.1, 0.15) is 5.82 Å². The molecule has 128 valence electrons. The van der Waals surface area contributed by atoms with E-state index in [1.54, 1.807) is 6.20 Å². The molecule has 0 bridgehead atoms. The lowest BCUT2D eigenvalue weighted by Gasteiger charge is -2.22. The molecule has 2 N–H and O–H groups in total. The van der Waals surface area contributed by atoms with Gasteiger partial charge in [-0.1, -0.05) is 30.3 Å². The standard InChI is InChI=1S/C18H24N4OS/c1-18(8-5-11-24-18)14-21-17(23)20-12-16-19-9-10-22(16)13-15-6-3-2-4-7-15/h2-4,6-7,9-10H,5,8,11-14H2,1H3,(H2,20,21,23)/t18-/m0/s1. The number of carbonyl (C=O) groups is 1. The summed E-state index contributed by atoms with van der Waals surface area (Å²) in [5.41, 5.74) is 1.22. The van der Waals surface area contributed by atoms with Gasteiger partial charge < -0.3 is 15.2 Å². The van der Waals surface area contributed by atoms with Crippen LogP contribution in [0.25, 0.3) is 0 Å². The molecule has 3 rings (SSSR count). The molecule has 1 fully saturated rings. The van der Waals surface area contributed by atoms with Crippen molar-refractivity contribution < 1.29 is 4.79 Å². The second-order valence-corrected chi connectivity index (χ2v) is 8.08. The van der Waals surface area contributed by atoms with Crippen molar-refractivity contribution >= 4 is 17.8 Å². The minimum atomic E-state index is -0.127. The predicted molar refractivity (Wildman–Crippen MR) is 98.1 cm³/mol. The van der Waals surface area contributed by atoms with E-state index in [0.29, 0.717) is 13.1 Å². The summed E-state index contributed by atoms with van der Waals surface area (Å²) >= 11 is 1.95. The highest BCUT2D eigenvalue weighted by Gasteiger charge is 2.29. The molecule has 1 aromatic heterocycles. The first kappa shape index (κ1) is 16.9. The highest BCUT2D eigenvalue weighted by Crippen LogP contribution is 2.36. The summed E-state index contributed by atoms with van der Waals surface area (Å²) < 4.78 is 2.24. The zero-order valence-corrected chi connectivity index (χ0v) is 14.8. The van der Waals surface area contributed by atoms with E-state index in [9.17, 15) is 4.79 Å². The molecule has 2 heterocycles. The zero-order chi connectivity index (χ0) is 16.8. The van der Waals surface area contributed by atoms with Crippen LogP contribution in [0, 0.1) is 0 Å². The second kappa shape index (κ2) is 7.75. The maximum atomic E-state index is 12.0. The van der Waals surface area contributed by atoms with Crippen LogP contribution in [0.4, 0.5) is 4.79 Å². The van der Waals surface area contributed by atoms with E-state index in [1.165, 1.54) is 24.2 Å². The molecule has 24 heavy (non-hydrogen) atoms. The minimum absolute atomic E-state index is 0.127. The monoisotopic (exact) mass is 344 g/mol. The predicted octanol–water partition coefficient (Wildman–Crippen LogP) is 3.02. The number of nitrogens with one attached hydrogen (secondary N) is 2. The molecule has 0 radical (unpaired) electrons. The Bertz CT molecular complexity index is 665. The van der Waals surface area contributed by atoms with Gasteiger partial charge in [0, 0.05) is 30.2 Å². The van der Waals surface area contributed by atoms with Crippen LogP contribution in [0.3, 0.4) is 0 Å². The van der Waals surface area contributed by atoms with Gasteiger partial charge in [-0.25, -0.2) is 9.78 Å². The fourth-order valence-corrected chi connectivity index (χ4v) is 4.14. The summed E-state index contributed by atoms with van der Waals surface area (Å²) in [5, 5.41) is 5.90. The number of benzene rings is 1. The van der Waals surface area contributed by atoms with Gasteiger partial charge in [0.2, 0.25) is 0 Å². The lowest BCUT2D eigenvalue weighted by molar-refractivity contribution is 0.239. The van der Waals surface area contributed by atoms with E-state index in [2.05, 4.69) is 39.2 Å². The fourth-order valence-electron chi connectivity index (χ4n) is 2.90. The Kier molecular flexibility index (Phi) is 5.45. The topological polar surface area (TPSA) is 59.0 Å². The van der Waals surface area contributed by atoms with Crippen LogP contribution in [-0.4, -0.2) is 32.6 Å². The highest BCUT2D eigenvalue weighted by molar-refractivity contribution is 8.00. The van der Waals surface area contributed by atoms with E-state index < -0.39 is 0 Å². The number of imidazole rings is 1. The van der Waals surface area contributed by atoms with Gasteiger partial charge >= 0.3 is 6.03 Å². The van der Waals surface area contributed by atoms with Gasteiger partial charge in [-0.05, 0) is 31.1 Å². The van der Waals surface area contributed by atoms with E-state index in [4.69, 9.17) is 0 Å². The van der Waals surface area contributed by atoms with Crippen molar-refractivity contribution in [2.24, 2.45) is 0 Å². The smallest absolute Gasteiger partial charge is 0.315 e. The molecule has 6 heteroatoms. The average Bonchev–Trinajstić information content (AvgIpc) is 3.22. The van der Waals surface area contributed by atoms with E-state index >= 15 is 0 Å². The molecular weight excluding hydrogens is 320 g/mol. The molecule has 0 unspecified atom stereocenters. The Hall–Kier alpha value is -1.95. The molecule has 2 aromatic rings. The molecule has 1 aliphatic rings. The molecule has 1 aliphatic heterocycles. The molecule has 2 amide bonds. The van der Waals surface area contributed by atoms with Crippen LogP contribution in [0.5, 0.6) is 0 Å². The maximum Gasteiger partial charge on any atom is 0.315 e. The molecule has 0 saturated carbocycles. The number of carbonyl (C=O) groups excluding carboxylic acids is 1. The first-order valence-electron chi connectivity index (χ1n) is 8.34. The average molecular weight is 344 g/mol. The third-order valence-corrected chi connectivity index (χ3v) is 5.87. The molecule has 1 aromatic carbocycles. The molecule has 5 nitrogen and oxygen atoms in total. The van der Waals surface area contributed by atoms with Crippen LogP contribution in [0.15, 0.2) is 42.7 Å². The van der Waals surface area contributed by atoms with Crippen molar-refractivity contribution in [2.45, 2.75) is 37.6 Å². The van der Waals surface area contributed by atoms with Gasteiger partial charge in [0.15, 0.2) is 0 Å². The quantitative estimate of drug-likeness (QED) is 0.847. The summed E-state index contributed by atoms with van der Waals surface area (Å²) in [6.45, 7) is 4.11. The van der Waals surface area contributed by atoms with Gasteiger partial charge in [-0.2, -0.15) is 11.8 Å². The Balaban J connectivity index is 1.48. The van der Waals surface area contributed by atoms with E-state index in [1.807, 2.05) is 36.2 Å². The van der Waals surface area contributed by atoms with Gasteiger partial charge in [-0.15, -0.1) is 0 Å². The molecule has 1 saturated heterocycles. The van der Waals surface area contributed by atoms with Crippen LogP contribution in [-0.2, 0) is 13.1 Å². The second-order valence-electron chi connectivity index (χ2n) is 6.40. The van der Waals surface area contributed by atoms with Crippen LogP contribution in [0.2, 0.25) is 0 Å². The number of thioether (sulfide) groups is 1. The molecular formula is C18H24N4OS. The number of urea groups is 1. The number of nitrogens with zero attached hydrogens (tertiary/aromatic N) is 2. The fraction of sp³-hybridized carbons (Fsp3) is 0.444. The lowest BCUT2D eigenvalue weighted by Crippen LogP contribution is -2.42. The normalized spacial score (nSPS) is 20.0. The highest BCUT2D eigenvalue weighted by atomic mass is 32.2. The van der Waals surface area contributed by atoms with Crippen molar-refractivity contribution in [3.63, 3.8) is 0 Å². The van der Waals surface area contributed by atoms with Crippen molar-refractivity contribution in [3.8, 4) is 0 Å². The number of aromatic nitrogens is 2. The summed E-state index contributed by atoms with van der Waals surface area (Å²) in [6, 6.07) is 10.1. The summed E-state index contributed by atoms with van der Waals surface area (Å²) in [4.78, 5) is 16.4. The zero-order valence-electron chi connectivity index (χ0n) is 14.0. The minimum Gasteiger partial charge on any atom is -0.337 e. The number of amides is 2. The van der Waals surface area contributed by atoms with Crippen LogP contribution < -0.4 is 10.6 Å². The summed E-state index contributed by atoms with van der Waals surface area (Å²) in [5.74, 6) is 2.05. The number of rotatable bonds is 6. The van der Waals surface area contributed by atoms with Gasteiger partial charge in [0.25, 0.3) is 0 Å². The Morgan fingerprint density at radius 1 is 1.33 bits per heavy atom. The Morgan fingerprint density at radius 2 is 2.17 bits per heavy atom. The molecule has 0 aliphatic carbocycles. The third-order valence-electron chi connectivity index (χ3n) is 4.33. The van der Waals surface area contributed by atoms with E-state index in [0.717, 1.165) is 12.4 Å². The van der Waals surface area contributed by atoms with Crippen LogP contribution >= 0.6 is 11.8 Å². The molecule has 0 spiro atoms. The largest absolute Gasteiger partial charge is 0.337 e. The van der Waals surface area contributed by atoms with Gasteiger partial charge in [-0.3, -0.25) is 0 Å². The summed E-state index contributed by atoms with van der Waals surface area (Å²) in [7, 11) is 0. The van der Waals surface area contributed by atoms with Crippen LogP contribution in [0.1, 0.15) is 31.2 Å². The van der Waals surface area contributed by atoms with Crippen molar-refractivity contribution in [1.82, 2.24) is 20.2 Å². The lowest BCUT2D eigenvalue weighted by atomic mass is 10.1. The first-order valence-corrected chi connectivity index (χ1v) is 9.33. The SMILES string of the molecule is C[C@@]1(CNC(=O)NCc2nccn2Cc2ccccc2)CCCS1. The first-order chi connectivity index (χ1) is 11.6. The Morgan fingerprint density at radius 3 is 2.92 bits per heavy atom. The summed E-state index contributed by atoms with van der Waals surface area (Å²) in [6.07, 6.45) is 6.12. The number of hydrogen-bond acceptors (Lipinski definition) is 3. The van der Waals surface area contributed by atoms with Crippen molar-refractivity contribution in [2.75, 3.05) is 12.3 Å². The molecule has 1 atom stereocenters. The number of hydrogen-bond donors (Lipinski definition) is 2. The third kappa shape index (κ3) is 4.54. The van der Waals surface area contributed by atoms with Crippen molar-refractivity contribution in [3.05, 3.63) is 54.1 Å². The van der Waals surface area contributed by atoms with E-state index in [-0.39, 0.29) is 10.8 Å². The Labute approximate surface area is 147 Å². The maximum absolute atomic E-state index is 12.0. The van der Waals surface area contributed by atoms with Gasteiger partial charge in [0.05, 0.1) is 6.54 Å².